The van der Waals surface area contributed by atoms with E-state index in [0.717, 1.165) is 57.4 Å². The SMILES string of the molecule is O=C(NC1(CO)CCCC1)C1CCN(c2ccc(Cl)cn2)CC1. The summed E-state index contributed by atoms with van der Waals surface area (Å²) < 4.78 is 0. The van der Waals surface area contributed by atoms with E-state index in [1.165, 1.54) is 0 Å². The summed E-state index contributed by atoms with van der Waals surface area (Å²) in [5, 5.41) is 13.4. The van der Waals surface area contributed by atoms with Gasteiger partial charge in [0.2, 0.25) is 5.91 Å². The molecule has 23 heavy (non-hydrogen) atoms. The standard InChI is InChI=1S/C17H24ClN3O2/c18-14-3-4-15(19-11-14)21-9-5-13(6-10-21)16(23)20-17(12-22)7-1-2-8-17/h3-4,11,13,22H,1-2,5-10,12H2,(H,20,23). The quantitative estimate of drug-likeness (QED) is 0.885. The van der Waals surface area contributed by atoms with Crippen molar-refractivity contribution in [3.63, 3.8) is 0 Å². The lowest BCUT2D eigenvalue weighted by molar-refractivity contribution is -0.128. The third-order valence-electron chi connectivity index (χ3n) is 5.15. The van der Waals surface area contributed by atoms with Crippen molar-refractivity contribution >= 4 is 23.3 Å². The molecule has 3 rings (SSSR count). The van der Waals surface area contributed by atoms with Crippen molar-refractivity contribution in [3.8, 4) is 0 Å². The Balaban J connectivity index is 1.54. The first-order valence-electron chi connectivity index (χ1n) is 8.41. The molecule has 1 aromatic rings. The van der Waals surface area contributed by atoms with Crippen LogP contribution in [0.4, 0.5) is 5.82 Å². The van der Waals surface area contributed by atoms with Gasteiger partial charge in [-0.25, -0.2) is 4.98 Å². The number of nitrogens with one attached hydrogen (secondary N) is 1. The van der Waals surface area contributed by atoms with Crippen molar-refractivity contribution in [2.24, 2.45) is 5.92 Å². The Morgan fingerprint density at radius 1 is 1.35 bits per heavy atom. The van der Waals surface area contributed by atoms with Gasteiger partial charge in [0.25, 0.3) is 0 Å². The number of carbonyl (C=O) groups excluding carboxylic acids is 1. The largest absolute Gasteiger partial charge is 0.394 e. The van der Waals surface area contributed by atoms with E-state index in [-0.39, 0.29) is 24.0 Å². The summed E-state index contributed by atoms with van der Waals surface area (Å²) in [6, 6.07) is 3.76. The number of piperidine rings is 1. The molecular weight excluding hydrogens is 314 g/mol. The Kier molecular flexibility index (Phi) is 5.07. The van der Waals surface area contributed by atoms with Gasteiger partial charge < -0.3 is 15.3 Å². The molecular formula is C17H24ClN3O2. The molecule has 2 fully saturated rings. The predicted molar refractivity (Wildman–Crippen MR) is 90.6 cm³/mol. The molecule has 1 saturated carbocycles. The van der Waals surface area contributed by atoms with E-state index in [0.29, 0.717) is 5.02 Å². The summed E-state index contributed by atoms with van der Waals surface area (Å²) >= 11 is 5.87. The number of halogens is 1. The number of hydrogen-bond donors (Lipinski definition) is 2. The highest BCUT2D eigenvalue weighted by Crippen LogP contribution is 2.30. The van der Waals surface area contributed by atoms with Gasteiger partial charge in [-0.05, 0) is 37.8 Å². The molecule has 5 nitrogen and oxygen atoms in total. The summed E-state index contributed by atoms with van der Waals surface area (Å²) in [4.78, 5) is 19.1. The highest BCUT2D eigenvalue weighted by atomic mass is 35.5. The van der Waals surface area contributed by atoms with Crippen molar-refractivity contribution in [3.05, 3.63) is 23.4 Å². The van der Waals surface area contributed by atoms with Crippen molar-refractivity contribution in [1.82, 2.24) is 10.3 Å². The summed E-state index contributed by atoms with van der Waals surface area (Å²) in [5.74, 6) is 1.04. The van der Waals surface area contributed by atoms with Crippen molar-refractivity contribution in [2.75, 3.05) is 24.6 Å². The van der Waals surface area contributed by atoms with E-state index in [1.807, 2.05) is 12.1 Å². The third-order valence-corrected chi connectivity index (χ3v) is 5.38. The Morgan fingerprint density at radius 3 is 2.61 bits per heavy atom. The summed E-state index contributed by atoms with van der Waals surface area (Å²) in [6.45, 7) is 1.68. The zero-order valence-corrected chi connectivity index (χ0v) is 14.1. The lowest BCUT2D eigenvalue weighted by Crippen LogP contribution is -2.52. The van der Waals surface area contributed by atoms with Gasteiger partial charge in [0, 0.05) is 25.2 Å². The van der Waals surface area contributed by atoms with Crippen LogP contribution in [0.5, 0.6) is 0 Å². The van der Waals surface area contributed by atoms with E-state index < -0.39 is 0 Å². The minimum atomic E-state index is -0.369. The van der Waals surface area contributed by atoms with Gasteiger partial charge in [0.05, 0.1) is 17.2 Å². The molecule has 0 bridgehead atoms. The fraction of sp³-hybridized carbons (Fsp3) is 0.647. The first-order valence-corrected chi connectivity index (χ1v) is 8.79. The molecule has 2 heterocycles. The van der Waals surface area contributed by atoms with Crippen LogP contribution in [0.25, 0.3) is 0 Å². The molecule has 0 radical (unpaired) electrons. The molecule has 0 unspecified atom stereocenters. The number of pyridine rings is 1. The summed E-state index contributed by atoms with van der Waals surface area (Å²) in [5.41, 5.74) is -0.369. The second-order valence-electron chi connectivity index (χ2n) is 6.73. The first kappa shape index (κ1) is 16.5. The molecule has 1 aliphatic carbocycles. The van der Waals surface area contributed by atoms with Crippen LogP contribution in [0.1, 0.15) is 38.5 Å². The minimum Gasteiger partial charge on any atom is -0.394 e. The Bertz CT molecular complexity index is 535. The number of carbonyl (C=O) groups is 1. The first-order chi connectivity index (χ1) is 11.1. The van der Waals surface area contributed by atoms with Gasteiger partial charge in [-0.2, -0.15) is 0 Å². The van der Waals surface area contributed by atoms with E-state index in [1.54, 1.807) is 6.20 Å². The van der Waals surface area contributed by atoms with E-state index in [9.17, 15) is 9.90 Å². The topological polar surface area (TPSA) is 65.5 Å². The van der Waals surface area contributed by atoms with Crippen LogP contribution >= 0.6 is 11.6 Å². The number of anilines is 1. The van der Waals surface area contributed by atoms with Crippen LogP contribution in [-0.2, 0) is 4.79 Å². The van der Waals surface area contributed by atoms with Gasteiger partial charge in [-0.15, -0.1) is 0 Å². The normalized spacial score (nSPS) is 21.4. The highest BCUT2D eigenvalue weighted by molar-refractivity contribution is 6.30. The maximum absolute atomic E-state index is 12.5. The number of aliphatic hydroxyl groups is 1. The van der Waals surface area contributed by atoms with Gasteiger partial charge in [-0.1, -0.05) is 24.4 Å². The van der Waals surface area contributed by atoms with Crippen LogP contribution < -0.4 is 10.2 Å². The average Bonchev–Trinajstić information content (AvgIpc) is 3.05. The second kappa shape index (κ2) is 7.05. The molecule has 0 aromatic carbocycles. The van der Waals surface area contributed by atoms with Crippen LogP contribution in [0.2, 0.25) is 5.02 Å². The van der Waals surface area contributed by atoms with E-state index >= 15 is 0 Å². The van der Waals surface area contributed by atoms with E-state index in [2.05, 4.69) is 15.2 Å². The van der Waals surface area contributed by atoms with Crippen LogP contribution in [0, 0.1) is 5.92 Å². The third kappa shape index (κ3) is 3.78. The fourth-order valence-electron chi connectivity index (χ4n) is 3.66. The van der Waals surface area contributed by atoms with E-state index in [4.69, 9.17) is 11.6 Å². The number of aliphatic hydroxyl groups excluding tert-OH is 1. The molecule has 2 N–H and O–H groups in total. The average molecular weight is 338 g/mol. The number of aromatic nitrogens is 1. The molecule has 1 amide bonds. The molecule has 126 valence electrons. The molecule has 0 atom stereocenters. The lowest BCUT2D eigenvalue weighted by Gasteiger charge is -2.35. The zero-order valence-electron chi connectivity index (χ0n) is 13.3. The van der Waals surface area contributed by atoms with Gasteiger partial charge in [0.15, 0.2) is 0 Å². The summed E-state index contributed by atoms with van der Waals surface area (Å²) in [6.07, 6.45) is 7.24. The molecule has 1 aliphatic heterocycles. The minimum absolute atomic E-state index is 0.0302. The smallest absolute Gasteiger partial charge is 0.223 e. The Morgan fingerprint density at radius 2 is 2.04 bits per heavy atom. The van der Waals surface area contributed by atoms with Gasteiger partial charge >= 0.3 is 0 Å². The Labute approximate surface area is 142 Å². The van der Waals surface area contributed by atoms with Crippen LogP contribution in [-0.4, -0.2) is 41.2 Å². The maximum Gasteiger partial charge on any atom is 0.223 e. The Hall–Kier alpha value is -1.33. The fourth-order valence-corrected chi connectivity index (χ4v) is 3.78. The van der Waals surface area contributed by atoms with Crippen LogP contribution in [0.15, 0.2) is 18.3 Å². The van der Waals surface area contributed by atoms with Crippen molar-refractivity contribution < 1.29 is 9.90 Å². The molecule has 1 saturated heterocycles. The monoisotopic (exact) mass is 337 g/mol. The van der Waals surface area contributed by atoms with Crippen LogP contribution in [0.3, 0.4) is 0 Å². The lowest BCUT2D eigenvalue weighted by atomic mass is 9.92. The number of rotatable bonds is 4. The van der Waals surface area contributed by atoms with Crippen molar-refractivity contribution in [2.45, 2.75) is 44.1 Å². The van der Waals surface area contributed by atoms with Gasteiger partial charge in [0.1, 0.15) is 5.82 Å². The maximum atomic E-state index is 12.5. The molecule has 1 aromatic heterocycles. The van der Waals surface area contributed by atoms with Crippen molar-refractivity contribution in [1.29, 1.82) is 0 Å². The predicted octanol–water partition coefficient (Wildman–Crippen LogP) is 2.37. The molecule has 6 heteroatoms. The van der Waals surface area contributed by atoms with Gasteiger partial charge in [-0.3, -0.25) is 4.79 Å². The molecule has 2 aliphatic rings. The highest BCUT2D eigenvalue weighted by Gasteiger charge is 2.37. The number of hydrogen-bond acceptors (Lipinski definition) is 4. The number of amides is 1. The zero-order chi connectivity index (χ0) is 16.3. The number of nitrogens with zero attached hydrogens (tertiary/aromatic N) is 2. The summed E-state index contributed by atoms with van der Waals surface area (Å²) in [7, 11) is 0. The molecule has 0 spiro atoms. The second-order valence-corrected chi connectivity index (χ2v) is 7.17.